The maximum absolute atomic E-state index is 12.2. The largest absolute Gasteiger partial charge is 0.381 e. The van der Waals surface area contributed by atoms with Gasteiger partial charge in [0.2, 0.25) is 11.8 Å². The summed E-state index contributed by atoms with van der Waals surface area (Å²) in [5.74, 6) is -0.466. The van der Waals surface area contributed by atoms with E-state index in [1.165, 1.54) is 0 Å². The predicted molar refractivity (Wildman–Crippen MR) is 89.0 cm³/mol. The van der Waals surface area contributed by atoms with Gasteiger partial charge in [0, 0.05) is 32.7 Å². The van der Waals surface area contributed by atoms with Crippen LogP contribution in [0.1, 0.15) is 19.3 Å². The Bertz CT molecular complexity index is 734. The van der Waals surface area contributed by atoms with Crippen molar-refractivity contribution in [3.63, 3.8) is 0 Å². The Morgan fingerprint density at radius 2 is 2.04 bits per heavy atom. The summed E-state index contributed by atoms with van der Waals surface area (Å²) in [4.78, 5) is 28.2. The molecule has 0 spiro atoms. The first kappa shape index (κ1) is 16.4. The number of hydrogen-bond donors (Lipinski definition) is 2. The van der Waals surface area contributed by atoms with Gasteiger partial charge in [0.1, 0.15) is 0 Å². The van der Waals surface area contributed by atoms with E-state index in [-0.39, 0.29) is 18.4 Å². The van der Waals surface area contributed by atoms with Crippen molar-refractivity contribution in [3.8, 4) is 0 Å². The molecule has 1 aliphatic heterocycles. The minimum atomic E-state index is -0.685. The molecule has 7 heteroatoms. The number of aryl methyl sites for hydroxylation is 1. The molecule has 0 bridgehead atoms. The second kappa shape index (κ2) is 7.00. The van der Waals surface area contributed by atoms with Crippen molar-refractivity contribution in [1.82, 2.24) is 14.9 Å². The fourth-order valence-electron chi connectivity index (χ4n) is 3.04. The SMILES string of the molecule is NC(=O)C1(CNC(=O)CCn2cnc3ccccc32)CCOCC1. The zero-order valence-electron chi connectivity index (χ0n) is 13.5. The van der Waals surface area contributed by atoms with Crippen molar-refractivity contribution in [2.24, 2.45) is 11.1 Å². The van der Waals surface area contributed by atoms with Gasteiger partial charge in [-0.15, -0.1) is 0 Å². The van der Waals surface area contributed by atoms with Crippen LogP contribution >= 0.6 is 0 Å². The van der Waals surface area contributed by atoms with Crippen LogP contribution in [0, 0.1) is 5.41 Å². The molecule has 1 fully saturated rings. The van der Waals surface area contributed by atoms with Crippen LogP contribution in [0.2, 0.25) is 0 Å². The van der Waals surface area contributed by atoms with Crippen molar-refractivity contribution in [2.75, 3.05) is 19.8 Å². The number of aromatic nitrogens is 2. The number of carbonyl (C=O) groups is 2. The summed E-state index contributed by atoms with van der Waals surface area (Å²) in [6, 6.07) is 7.80. The molecule has 0 unspecified atom stereocenters. The van der Waals surface area contributed by atoms with Crippen molar-refractivity contribution >= 4 is 22.8 Å². The molecule has 24 heavy (non-hydrogen) atoms. The van der Waals surface area contributed by atoms with E-state index in [1.807, 2.05) is 28.8 Å². The average molecular weight is 330 g/mol. The summed E-state index contributed by atoms with van der Waals surface area (Å²) in [7, 11) is 0. The molecular weight excluding hydrogens is 308 g/mol. The third-order valence-electron chi connectivity index (χ3n) is 4.70. The van der Waals surface area contributed by atoms with Crippen LogP contribution < -0.4 is 11.1 Å². The number of nitrogens with two attached hydrogens (primary N) is 1. The molecule has 0 radical (unpaired) electrons. The number of para-hydroxylation sites is 2. The van der Waals surface area contributed by atoms with Crippen LogP contribution in [0.15, 0.2) is 30.6 Å². The van der Waals surface area contributed by atoms with Crippen LogP contribution in [0.3, 0.4) is 0 Å². The molecule has 2 amide bonds. The van der Waals surface area contributed by atoms with Crippen LogP contribution in [-0.4, -0.2) is 41.1 Å². The summed E-state index contributed by atoms with van der Waals surface area (Å²) in [6.45, 7) is 1.81. The van der Waals surface area contributed by atoms with Gasteiger partial charge < -0.3 is 20.4 Å². The quantitative estimate of drug-likeness (QED) is 0.819. The Morgan fingerprint density at radius 1 is 1.29 bits per heavy atom. The lowest BCUT2D eigenvalue weighted by Gasteiger charge is -2.34. The van der Waals surface area contributed by atoms with Gasteiger partial charge in [-0.3, -0.25) is 9.59 Å². The third-order valence-corrected chi connectivity index (χ3v) is 4.70. The summed E-state index contributed by atoms with van der Waals surface area (Å²) < 4.78 is 7.24. The Balaban J connectivity index is 1.55. The van der Waals surface area contributed by atoms with Gasteiger partial charge in [0.05, 0.1) is 22.8 Å². The van der Waals surface area contributed by atoms with Crippen LogP contribution in [0.25, 0.3) is 11.0 Å². The van der Waals surface area contributed by atoms with Gasteiger partial charge in [-0.05, 0) is 25.0 Å². The summed E-state index contributed by atoms with van der Waals surface area (Å²) in [6.07, 6.45) is 3.16. The van der Waals surface area contributed by atoms with Crippen LogP contribution in [0.4, 0.5) is 0 Å². The number of fused-ring (bicyclic) bond motifs is 1. The summed E-state index contributed by atoms with van der Waals surface area (Å²) in [5, 5.41) is 2.86. The molecule has 3 rings (SSSR count). The first-order valence-corrected chi connectivity index (χ1v) is 8.15. The van der Waals surface area contributed by atoms with Gasteiger partial charge in [-0.2, -0.15) is 0 Å². The van der Waals surface area contributed by atoms with E-state index >= 15 is 0 Å². The van der Waals surface area contributed by atoms with Gasteiger partial charge in [-0.1, -0.05) is 12.1 Å². The normalized spacial score (nSPS) is 16.8. The third kappa shape index (κ3) is 3.41. The number of primary amides is 1. The summed E-state index contributed by atoms with van der Waals surface area (Å²) >= 11 is 0. The molecule has 0 aliphatic carbocycles. The van der Waals surface area contributed by atoms with E-state index in [1.54, 1.807) is 6.33 Å². The average Bonchev–Trinajstić information content (AvgIpc) is 3.02. The molecule has 1 aromatic heterocycles. The molecule has 128 valence electrons. The van der Waals surface area contributed by atoms with Crippen LogP contribution in [0.5, 0.6) is 0 Å². The molecule has 2 heterocycles. The molecule has 1 aromatic carbocycles. The van der Waals surface area contributed by atoms with Crippen molar-refractivity contribution in [1.29, 1.82) is 0 Å². The maximum atomic E-state index is 12.2. The Kier molecular flexibility index (Phi) is 4.80. The highest BCUT2D eigenvalue weighted by atomic mass is 16.5. The number of rotatable bonds is 6. The van der Waals surface area contributed by atoms with Gasteiger partial charge in [-0.25, -0.2) is 4.98 Å². The minimum Gasteiger partial charge on any atom is -0.381 e. The molecule has 1 aliphatic rings. The number of benzene rings is 1. The molecule has 2 aromatic rings. The number of nitrogens with one attached hydrogen (secondary N) is 1. The highest BCUT2D eigenvalue weighted by molar-refractivity contribution is 5.83. The number of amides is 2. The lowest BCUT2D eigenvalue weighted by Crippen LogP contribution is -2.49. The van der Waals surface area contributed by atoms with Gasteiger partial charge in [0.15, 0.2) is 0 Å². The fraction of sp³-hybridized carbons (Fsp3) is 0.471. The van der Waals surface area contributed by atoms with Crippen LogP contribution in [-0.2, 0) is 20.9 Å². The second-order valence-electron chi connectivity index (χ2n) is 6.21. The predicted octanol–water partition coefficient (Wildman–Crippen LogP) is 0.825. The van der Waals surface area contributed by atoms with Crippen molar-refractivity contribution < 1.29 is 14.3 Å². The highest BCUT2D eigenvalue weighted by Gasteiger charge is 2.38. The highest BCUT2D eigenvalue weighted by Crippen LogP contribution is 2.29. The fourth-order valence-corrected chi connectivity index (χ4v) is 3.04. The zero-order chi connectivity index (χ0) is 17.0. The Hall–Kier alpha value is -2.41. The number of nitrogens with zero attached hydrogens (tertiary/aromatic N) is 2. The lowest BCUT2D eigenvalue weighted by molar-refractivity contribution is -0.134. The molecular formula is C17H22N4O3. The zero-order valence-corrected chi connectivity index (χ0v) is 13.5. The topological polar surface area (TPSA) is 99.2 Å². The molecule has 1 saturated heterocycles. The lowest BCUT2D eigenvalue weighted by atomic mass is 9.79. The Morgan fingerprint density at radius 3 is 2.79 bits per heavy atom. The minimum absolute atomic E-state index is 0.0973. The maximum Gasteiger partial charge on any atom is 0.225 e. The molecule has 0 atom stereocenters. The van der Waals surface area contributed by atoms with E-state index in [0.29, 0.717) is 39.0 Å². The van der Waals surface area contributed by atoms with Gasteiger partial charge >= 0.3 is 0 Å². The van der Waals surface area contributed by atoms with E-state index in [9.17, 15) is 9.59 Å². The number of imidazole rings is 1. The Labute approximate surface area is 140 Å². The monoisotopic (exact) mass is 330 g/mol. The van der Waals surface area contributed by atoms with Gasteiger partial charge in [0.25, 0.3) is 0 Å². The smallest absolute Gasteiger partial charge is 0.225 e. The first-order chi connectivity index (χ1) is 11.6. The van der Waals surface area contributed by atoms with E-state index < -0.39 is 5.41 Å². The molecule has 3 N–H and O–H groups in total. The van der Waals surface area contributed by atoms with Crippen molar-refractivity contribution in [2.45, 2.75) is 25.8 Å². The second-order valence-corrected chi connectivity index (χ2v) is 6.21. The number of hydrogen-bond acceptors (Lipinski definition) is 4. The van der Waals surface area contributed by atoms with E-state index in [4.69, 9.17) is 10.5 Å². The first-order valence-electron chi connectivity index (χ1n) is 8.15. The summed E-state index contributed by atoms with van der Waals surface area (Å²) in [5.41, 5.74) is 6.77. The van der Waals surface area contributed by atoms with E-state index in [2.05, 4.69) is 10.3 Å². The van der Waals surface area contributed by atoms with Crippen molar-refractivity contribution in [3.05, 3.63) is 30.6 Å². The molecule has 0 saturated carbocycles. The number of ether oxygens (including phenoxy) is 1. The standard InChI is InChI=1S/C17H22N4O3/c18-16(23)17(6-9-24-10-7-17)11-19-15(22)5-8-21-12-20-13-3-1-2-4-14(13)21/h1-4,12H,5-11H2,(H2,18,23)(H,19,22). The van der Waals surface area contributed by atoms with E-state index in [0.717, 1.165) is 11.0 Å². The number of carbonyl (C=O) groups excluding carboxylic acids is 2. The molecule has 7 nitrogen and oxygen atoms in total.